The molecule has 5 heteroatoms. The van der Waals surface area contributed by atoms with E-state index in [1.165, 1.54) is 0 Å². The summed E-state index contributed by atoms with van der Waals surface area (Å²) in [6, 6.07) is 5.11. The molecule has 1 aromatic rings. The Morgan fingerprint density at radius 3 is 2.57 bits per heavy atom. The van der Waals surface area contributed by atoms with Crippen LogP contribution in [0.5, 0.6) is 0 Å². The van der Waals surface area contributed by atoms with E-state index >= 15 is 0 Å². The lowest BCUT2D eigenvalue weighted by Gasteiger charge is -2.26. The third-order valence-electron chi connectivity index (χ3n) is 3.43. The second kappa shape index (κ2) is 6.61. The van der Waals surface area contributed by atoms with E-state index in [1.807, 2.05) is 33.8 Å². The number of carbonyl (C=O) groups is 2. The van der Waals surface area contributed by atoms with Crippen molar-refractivity contribution < 1.29 is 14.3 Å². The maximum atomic E-state index is 12.1. The zero-order chi connectivity index (χ0) is 16.2. The van der Waals surface area contributed by atoms with Gasteiger partial charge in [0.1, 0.15) is 0 Å². The summed E-state index contributed by atoms with van der Waals surface area (Å²) in [5, 5.41) is 2.84. The molecule has 0 aromatic heterocycles. The third kappa shape index (κ3) is 4.77. The standard InChI is InChI=1S/C16H24N2O3/c1-6-16(4,5)18-14(19)11(3)21-15(20)12-9-10(2)7-8-13(12)17/h7-9,11H,6,17H2,1-5H3,(H,18,19). The van der Waals surface area contributed by atoms with Crippen LogP contribution in [0.25, 0.3) is 0 Å². The monoisotopic (exact) mass is 292 g/mol. The first-order valence-electron chi connectivity index (χ1n) is 7.05. The van der Waals surface area contributed by atoms with Crippen LogP contribution in [-0.2, 0) is 9.53 Å². The van der Waals surface area contributed by atoms with Crippen molar-refractivity contribution in [2.24, 2.45) is 0 Å². The predicted octanol–water partition coefficient (Wildman–Crippen LogP) is 2.43. The molecule has 1 unspecified atom stereocenters. The Balaban J connectivity index is 2.74. The average Bonchev–Trinajstić information content (AvgIpc) is 2.40. The Morgan fingerprint density at radius 2 is 2.00 bits per heavy atom. The van der Waals surface area contributed by atoms with Crippen molar-refractivity contribution >= 4 is 17.6 Å². The summed E-state index contributed by atoms with van der Waals surface area (Å²) in [5.41, 5.74) is 6.96. The van der Waals surface area contributed by atoms with Crippen LogP contribution in [0, 0.1) is 6.92 Å². The number of benzene rings is 1. The summed E-state index contributed by atoms with van der Waals surface area (Å²) in [6.45, 7) is 9.21. The van der Waals surface area contributed by atoms with Crippen molar-refractivity contribution in [3.63, 3.8) is 0 Å². The summed E-state index contributed by atoms with van der Waals surface area (Å²) in [5.74, 6) is -0.908. The number of rotatable bonds is 5. The van der Waals surface area contributed by atoms with E-state index in [0.29, 0.717) is 5.69 Å². The van der Waals surface area contributed by atoms with Gasteiger partial charge in [0.05, 0.1) is 5.56 Å². The van der Waals surface area contributed by atoms with Gasteiger partial charge in [-0.15, -0.1) is 0 Å². The first-order valence-corrected chi connectivity index (χ1v) is 7.05. The number of nitrogens with two attached hydrogens (primary N) is 1. The topological polar surface area (TPSA) is 81.4 Å². The second-order valence-electron chi connectivity index (χ2n) is 5.86. The number of amides is 1. The Labute approximate surface area is 125 Å². The minimum absolute atomic E-state index is 0.282. The molecule has 0 aliphatic heterocycles. The third-order valence-corrected chi connectivity index (χ3v) is 3.43. The Hall–Kier alpha value is -2.04. The molecular weight excluding hydrogens is 268 g/mol. The number of ether oxygens (including phenoxy) is 1. The van der Waals surface area contributed by atoms with Crippen LogP contribution in [-0.4, -0.2) is 23.5 Å². The van der Waals surface area contributed by atoms with Crippen molar-refractivity contribution in [3.05, 3.63) is 29.3 Å². The lowest BCUT2D eigenvalue weighted by atomic mass is 10.0. The minimum atomic E-state index is -0.872. The van der Waals surface area contributed by atoms with Gasteiger partial charge in [-0.2, -0.15) is 0 Å². The second-order valence-corrected chi connectivity index (χ2v) is 5.86. The summed E-state index contributed by atoms with van der Waals surface area (Å²) in [4.78, 5) is 24.1. The van der Waals surface area contributed by atoms with Gasteiger partial charge in [-0.3, -0.25) is 4.79 Å². The highest BCUT2D eigenvalue weighted by molar-refractivity contribution is 5.97. The van der Waals surface area contributed by atoms with Crippen LogP contribution in [0.2, 0.25) is 0 Å². The zero-order valence-electron chi connectivity index (χ0n) is 13.3. The fraction of sp³-hybridized carbons (Fsp3) is 0.500. The van der Waals surface area contributed by atoms with Crippen LogP contribution >= 0.6 is 0 Å². The molecule has 116 valence electrons. The van der Waals surface area contributed by atoms with Crippen LogP contribution in [0.1, 0.15) is 50.0 Å². The van der Waals surface area contributed by atoms with Gasteiger partial charge in [0.25, 0.3) is 5.91 Å². The highest BCUT2D eigenvalue weighted by atomic mass is 16.5. The molecular formula is C16H24N2O3. The molecule has 0 saturated carbocycles. The lowest BCUT2D eigenvalue weighted by molar-refractivity contribution is -0.130. The number of esters is 1. The molecule has 0 aliphatic rings. The van der Waals surface area contributed by atoms with Crippen LogP contribution in [0.15, 0.2) is 18.2 Å². The molecule has 21 heavy (non-hydrogen) atoms. The number of aryl methyl sites for hydroxylation is 1. The van der Waals surface area contributed by atoms with Crippen molar-refractivity contribution in [1.82, 2.24) is 5.32 Å². The summed E-state index contributed by atoms with van der Waals surface area (Å²) < 4.78 is 5.19. The maximum Gasteiger partial charge on any atom is 0.341 e. The molecule has 1 atom stereocenters. The van der Waals surface area contributed by atoms with Crippen molar-refractivity contribution in [1.29, 1.82) is 0 Å². The molecule has 1 amide bonds. The summed E-state index contributed by atoms with van der Waals surface area (Å²) in [6.07, 6.45) is -0.0900. The van der Waals surface area contributed by atoms with Crippen LogP contribution in [0.4, 0.5) is 5.69 Å². The van der Waals surface area contributed by atoms with E-state index in [1.54, 1.807) is 19.1 Å². The van der Waals surface area contributed by atoms with Crippen molar-refractivity contribution in [2.45, 2.75) is 52.7 Å². The fourth-order valence-electron chi connectivity index (χ4n) is 1.65. The van der Waals surface area contributed by atoms with E-state index in [2.05, 4.69) is 5.32 Å². The first-order chi connectivity index (χ1) is 9.66. The van der Waals surface area contributed by atoms with E-state index in [-0.39, 0.29) is 17.0 Å². The van der Waals surface area contributed by atoms with Gasteiger partial charge in [0, 0.05) is 11.2 Å². The minimum Gasteiger partial charge on any atom is -0.449 e. The van der Waals surface area contributed by atoms with Gasteiger partial charge in [-0.1, -0.05) is 18.6 Å². The fourth-order valence-corrected chi connectivity index (χ4v) is 1.65. The van der Waals surface area contributed by atoms with E-state index in [4.69, 9.17) is 10.5 Å². The molecule has 0 heterocycles. The van der Waals surface area contributed by atoms with E-state index in [0.717, 1.165) is 12.0 Å². The zero-order valence-corrected chi connectivity index (χ0v) is 13.3. The highest BCUT2D eigenvalue weighted by Crippen LogP contribution is 2.16. The number of nitrogen functional groups attached to an aromatic ring is 1. The summed E-state index contributed by atoms with van der Waals surface area (Å²) in [7, 11) is 0. The van der Waals surface area contributed by atoms with Crippen molar-refractivity contribution in [3.8, 4) is 0 Å². The normalized spacial score (nSPS) is 12.6. The molecule has 0 bridgehead atoms. The number of nitrogens with one attached hydrogen (secondary N) is 1. The Bertz CT molecular complexity index is 538. The Kier molecular flexibility index (Phi) is 5.35. The largest absolute Gasteiger partial charge is 0.449 e. The molecule has 0 saturated heterocycles. The maximum absolute atomic E-state index is 12.1. The van der Waals surface area contributed by atoms with Crippen molar-refractivity contribution in [2.75, 3.05) is 5.73 Å². The van der Waals surface area contributed by atoms with Gasteiger partial charge < -0.3 is 15.8 Å². The van der Waals surface area contributed by atoms with Crippen LogP contribution < -0.4 is 11.1 Å². The molecule has 1 aromatic carbocycles. The predicted molar refractivity (Wildman–Crippen MR) is 83.0 cm³/mol. The first kappa shape index (κ1) is 17.0. The number of carbonyl (C=O) groups excluding carboxylic acids is 2. The molecule has 0 fully saturated rings. The SMILES string of the molecule is CCC(C)(C)NC(=O)C(C)OC(=O)c1cc(C)ccc1N. The molecule has 0 spiro atoms. The molecule has 1 rings (SSSR count). The van der Waals surface area contributed by atoms with Gasteiger partial charge >= 0.3 is 5.97 Å². The van der Waals surface area contributed by atoms with Gasteiger partial charge in [-0.25, -0.2) is 4.79 Å². The number of hydrogen-bond acceptors (Lipinski definition) is 4. The van der Waals surface area contributed by atoms with Gasteiger partial charge in [0.2, 0.25) is 0 Å². The van der Waals surface area contributed by atoms with Gasteiger partial charge in [0.15, 0.2) is 6.10 Å². The van der Waals surface area contributed by atoms with E-state index < -0.39 is 12.1 Å². The molecule has 0 radical (unpaired) electrons. The molecule has 0 aliphatic carbocycles. The van der Waals surface area contributed by atoms with Gasteiger partial charge in [-0.05, 0) is 46.2 Å². The van der Waals surface area contributed by atoms with Crippen LogP contribution in [0.3, 0.4) is 0 Å². The Morgan fingerprint density at radius 1 is 1.38 bits per heavy atom. The lowest BCUT2D eigenvalue weighted by Crippen LogP contribution is -2.47. The molecule has 5 nitrogen and oxygen atoms in total. The number of hydrogen-bond donors (Lipinski definition) is 2. The van der Waals surface area contributed by atoms with E-state index in [9.17, 15) is 9.59 Å². The smallest absolute Gasteiger partial charge is 0.341 e. The highest BCUT2D eigenvalue weighted by Gasteiger charge is 2.25. The number of anilines is 1. The summed E-state index contributed by atoms with van der Waals surface area (Å²) >= 11 is 0. The average molecular weight is 292 g/mol. The molecule has 3 N–H and O–H groups in total. The quantitative estimate of drug-likeness (QED) is 0.645.